The number of rotatable bonds is 6. The Morgan fingerprint density at radius 1 is 1.32 bits per heavy atom. The Balaban J connectivity index is 1.89. The van der Waals surface area contributed by atoms with Gasteiger partial charge < -0.3 is 15.0 Å². The van der Waals surface area contributed by atoms with Gasteiger partial charge in [0.25, 0.3) is 0 Å². The van der Waals surface area contributed by atoms with Gasteiger partial charge in [-0.2, -0.15) is 0 Å². The van der Waals surface area contributed by atoms with Gasteiger partial charge in [-0.3, -0.25) is 14.9 Å². The van der Waals surface area contributed by atoms with Crippen LogP contribution in [0.4, 0.5) is 9.93 Å². The summed E-state index contributed by atoms with van der Waals surface area (Å²) in [6.45, 7) is 6.85. The SMILES string of the molecule is CCOC(=O)CCC(=O)N1CCc2nc(NC(=O)NC(C)C)sc2C1. The highest BCUT2D eigenvalue weighted by Gasteiger charge is 2.25. The number of anilines is 1. The van der Waals surface area contributed by atoms with Crippen LogP contribution in [-0.4, -0.2) is 47.0 Å². The zero-order chi connectivity index (χ0) is 18.4. The number of esters is 1. The molecule has 0 fully saturated rings. The van der Waals surface area contributed by atoms with Gasteiger partial charge in [0, 0.05) is 30.3 Å². The molecule has 2 heterocycles. The fourth-order valence-corrected chi connectivity index (χ4v) is 3.48. The fraction of sp³-hybridized carbons (Fsp3) is 0.625. The first kappa shape index (κ1) is 19.2. The van der Waals surface area contributed by atoms with E-state index in [4.69, 9.17) is 4.74 Å². The number of ether oxygens (including phenoxy) is 1. The van der Waals surface area contributed by atoms with Gasteiger partial charge >= 0.3 is 12.0 Å². The van der Waals surface area contributed by atoms with E-state index in [9.17, 15) is 14.4 Å². The average Bonchev–Trinajstić information content (AvgIpc) is 2.93. The molecular weight excluding hydrogens is 344 g/mol. The summed E-state index contributed by atoms with van der Waals surface area (Å²) >= 11 is 1.38. The number of nitrogens with zero attached hydrogens (tertiary/aromatic N) is 2. The Bertz CT molecular complexity index is 644. The predicted octanol–water partition coefficient (Wildman–Crippen LogP) is 1.90. The molecule has 0 spiro atoms. The summed E-state index contributed by atoms with van der Waals surface area (Å²) in [6, 6.07) is -0.245. The quantitative estimate of drug-likeness (QED) is 0.747. The first-order chi connectivity index (χ1) is 11.9. The molecule has 0 aliphatic carbocycles. The van der Waals surface area contributed by atoms with Crippen molar-refractivity contribution >= 4 is 34.4 Å². The third-order valence-corrected chi connectivity index (χ3v) is 4.57. The molecule has 2 rings (SSSR count). The van der Waals surface area contributed by atoms with Crippen molar-refractivity contribution < 1.29 is 19.1 Å². The largest absolute Gasteiger partial charge is 0.466 e. The minimum atomic E-state index is -0.353. The lowest BCUT2D eigenvalue weighted by Crippen LogP contribution is -2.35. The summed E-state index contributed by atoms with van der Waals surface area (Å²) < 4.78 is 4.84. The number of nitrogens with one attached hydrogen (secondary N) is 2. The molecule has 0 bridgehead atoms. The number of aromatic nitrogens is 1. The highest BCUT2D eigenvalue weighted by atomic mass is 32.1. The number of carbonyl (C=O) groups is 3. The third kappa shape index (κ3) is 5.70. The van der Waals surface area contributed by atoms with Crippen LogP contribution in [0.3, 0.4) is 0 Å². The first-order valence-corrected chi connectivity index (χ1v) is 9.20. The average molecular weight is 368 g/mol. The first-order valence-electron chi connectivity index (χ1n) is 8.38. The van der Waals surface area contributed by atoms with Crippen LogP contribution in [0.1, 0.15) is 44.2 Å². The van der Waals surface area contributed by atoms with Gasteiger partial charge in [0.05, 0.1) is 25.3 Å². The van der Waals surface area contributed by atoms with Crippen molar-refractivity contribution in [2.75, 3.05) is 18.5 Å². The van der Waals surface area contributed by atoms with Crippen molar-refractivity contribution in [1.29, 1.82) is 0 Å². The molecule has 25 heavy (non-hydrogen) atoms. The molecule has 0 saturated carbocycles. The van der Waals surface area contributed by atoms with Crippen LogP contribution in [0.5, 0.6) is 0 Å². The lowest BCUT2D eigenvalue weighted by Gasteiger charge is -2.26. The van der Waals surface area contributed by atoms with Crippen molar-refractivity contribution in [1.82, 2.24) is 15.2 Å². The van der Waals surface area contributed by atoms with E-state index in [1.165, 1.54) is 11.3 Å². The number of carbonyl (C=O) groups excluding carboxylic acids is 3. The zero-order valence-corrected chi connectivity index (χ0v) is 15.6. The minimum Gasteiger partial charge on any atom is -0.466 e. The monoisotopic (exact) mass is 368 g/mol. The van der Waals surface area contributed by atoms with Gasteiger partial charge in [0.2, 0.25) is 5.91 Å². The Labute approximate surface area is 150 Å². The maximum Gasteiger partial charge on any atom is 0.321 e. The number of hydrogen-bond donors (Lipinski definition) is 2. The van der Waals surface area contributed by atoms with Crippen molar-refractivity contribution in [2.45, 2.75) is 52.6 Å². The van der Waals surface area contributed by atoms with Gasteiger partial charge in [-0.25, -0.2) is 9.78 Å². The highest BCUT2D eigenvalue weighted by molar-refractivity contribution is 7.15. The molecule has 8 nitrogen and oxygen atoms in total. The molecule has 0 radical (unpaired) electrons. The smallest absolute Gasteiger partial charge is 0.321 e. The molecule has 0 unspecified atom stereocenters. The van der Waals surface area contributed by atoms with Gasteiger partial charge in [-0.15, -0.1) is 0 Å². The molecule has 0 atom stereocenters. The molecule has 138 valence electrons. The number of thiazole rings is 1. The summed E-state index contributed by atoms with van der Waals surface area (Å²) in [5.74, 6) is -0.423. The maximum atomic E-state index is 12.2. The molecular formula is C16H24N4O4S. The summed E-state index contributed by atoms with van der Waals surface area (Å²) in [7, 11) is 0. The van der Waals surface area contributed by atoms with E-state index >= 15 is 0 Å². The molecule has 0 aromatic carbocycles. The Kier molecular flexibility index (Phi) is 6.74. The van der Waals surface area contributed by atoms with Crippen LogP contribution in [0.2, 0.25) is 0 Å². The third-order valence-electron chi connectivity index (χ3n) is 3.57. The maximum absolute atomic E-state index is 12.2. The molecule has 1 aliphatic heterocycles. The van der Waals surface area contributed by atoms with E-state index in [1.54, 1.807) is 11.8 Å². The topological polar surface area (TPSA) is 101 Å². The molecule has 1 aromatic heterocycles. The summed E-state index contributed by atoms with van der Waals surface area (Å²) in [5, 5.41) is 6.00. The van der Waals surface area contributed by atoms with Crippen molar-refractivity contribution in [3.05, 3.63) is 10.6 Å². The van der Waals surface area contributed by atoms with Crippen LogP contribution >= 0.6 is 11.3 Å². The van der Waals surface area contributed by atoms with Crippen LogP contribution in [0.25, 0.3) is 0 Å². The second kappa shape index (κ2) is 8.80. The predicted molar refractivity (Wildman–Crippen MR) is 94.4 cm³/mol. The molecule has 0 saturated heterocycles. The van der Waals surface area contributed by atoms with E-state index in [-0.39, 0.29) is 36.8 Å². The zero-order valence-electron chi connectivity index (χ0n) is 14.8. The van der Waals surface area contributed by atoms with E-state index in [0.717, 1.165) is 10.6 Å². The fourth-order valence-electron chi connectivity index (χ4n) is 2.46. The minimum absolute atomic E-state index is 0.0436. The second-order valence-corrected chi connectivity index (χ2v) is 7.10. The van der Waals surface area contributed by atoms with E-state index in [0.29, 0.717) is 31.2 Å². The standard InChI is InChI=1S/C16H24N4O4S/c1-4-24-14(22)6-5-13(21)20-8-7-11-12(9-20)25-16(18-11)19-15(23)17-10(2)3/h10H,4-9H2,1-3H3,(H2,17,18,19,23). The normalized spacial score (nSPS) is 13.4. The molecule has 3 amide bonds. The van der Waals surface area contributed by atoms with Crippen molar-refractivity contribution in [3.8, 4) is 0 Å². The van der Waals surface area contributed by atoms with E-state index in [1.807, 2.05) is 13.8 Å². The lowest BCUT2D eigenvalue weighted by atomic mass is 10.1. The number of fused-ring (bicyclic) bond motifs is 1. The van der Waals surface area contributed by atoms with Gasteiger partial charge in [0.15, 0.2) is 5.13 Å². The molecule has 2 N–H and O–H groups in total. The highest BCUT2D eigenvalue weighted by Crippen LogP contribution is 2.28. The Morgan fingerprint density at radius 3 is 2.76 bits per heavy atom. The number of hydrogen-bond acceptors (Lipinski definition) is 6. The van der Waals surface area contributed by atoms with Crippen molar-refractivity contribution in [3.63, 3.8) is 0 Å². The van der Waals surface area contributed by atoms with Gasteiger partial charge in [0.1, 0.15) is 0 Å². The molecule has 1 aliphatic rings. The number of urea groups is 1. The summed E-state index contributed by atoms with van der Waals surface area (Å²) in [4.78, 5) is 42.5. The Morgan fingerprint density at radius 2 is 2.08 bits per heavy atom. The van der Waals surface area contributed by atoms with Crippen LogP contribution in [0, 0.1) is 0 Å². The summed E-state index contributed by atoms with van der Waals surface area (Å²) in [6.07, 6.45) is 0.889. The van der Waals surface area contributed by atoms with Crippen LogP contribution in [0.15, 0.2) is 0 Å². The number of amides is 3. The summed E-state index contributed by atoms with van der Waals surface area (Å²) in [5.41, 5.74) is 0.916. The van der Waals surface area contributed by atoms with Crippen LogP contribution in [-0.2, 0) is 27.3 Å². The van der Waals surface area contributed by atoms with E-state index < -0.39 is 0 Å². The van der Waals surface area contributed by atoms with E-state index in [2.05, 4.69) is 15.6 Å². The molecule has 9 heteroatoms. The van der Waals surface area contributed by atoms with Crippen LogP contribution < -0.4 is 10.6 Å². The Hall–Kier alpha value is -2.16. The molecule has 1 aromatic rings. The second-order valence-electron chi connectivity index (χ2n) is 6.01. The van der Waals surface area contributed by atoms with Gasteiger partial charge in [-0.1, -0.05) is 11.3 Å². The van der Waals surface area contributed by atoms with Crippen molar-refractivity contribution in [2.24, 2.45) is 0 Å². The van der Waals surface area contributed by atoms with Gasteiger partial charge in [-0.05, 0) is 20.8 Å². The lowest BCUT2D eigenvalue weighted by molar-refractivity contribution is -0.145.